The number of sulfonamides is 1. The molecule has 0 saturated carbocycles. The van der Waals surface area contributed by atoms with E-state index < -0.39 is 10.0 Å². The van der Waals surface area contributed by atoms with Gasteiger partial charge in [-0.05, 0) is 6.42 Å². The van der Waals surface area contributed by atoms with Crippen LogP contribution in [0.15, 0.2) is 4.40 Å². The van der Waals surface area contributed by atoms with E-state index in [0.29, 0.717) is 6.42 Å². The third-order valence-electron chi connectivity index (χ3n) is 1.93. The molecule has 0 N–H and O–H groups in total. The zero-order valence-corrected chi connectivity index (χ0v) is 9.35. The third-order valence-corrected chi connectivity index (χ3v) is 3.09. The van der Waals surface area contributed by atoms with Gasteiger partial charge < -0.3 is 0 Å². The van der Waals surface area contributed by atoms with E-state index in [2.05, 4.69) is 11.3 Å². The molecule has 82 valence electrons. The highest BCUT2D eigenvalue weighted by Crippen LogP contribution is 2.06. The predicted molar refractivity (Wildman–Crippen MR) is 55.3 cm³/mol. The lowest BCUT2D eigenvalue weighted by Crippen LogP contribution is -2.01. The molecule has 0 bridgehead atoms. The summed E-state index contributed by atoms with van der Waals surface area (Å²) in [7, 11) is -3.52. The molecule has 0 atom stereocenters. The highest BCUT2D eigenvalue weighted by Gasteiger charge is 2.06. The summed E-state index contributed by atoms with van der Waals surface area (Å²) in [6.45, 7) is 2.13. The van der Waals surface area contributed by atoms with Crippen molar-refractivity contribution in [1.82, 2.24) is 0 Å². The van der Waals surface area contributed by atoms with Gasteiger partial charge in [0.1, 0.15) is 0 Å². The summed E-state index contributed by atoms with van der Waals surface area (Å²) in [6, 6.07) is 0. The Bertz CT molecular complexity index is 278. The molecule has 0 spiro atoms. The highest BCUT2D eigenvalue weighted by atomic mass is 32.2. The van der Waals surface area contributed by atoms with Gasteiger partial charge >= 0.3 is 0 Å². The van der Waals surface area contributed by atoms with Gasteiger partial charge in [0.05, 0.1) is 5.75 Å². The quantitative estimate of drug-likeness (QED) is 0.356. The van der Waals surface area contributed by atoms with Crippen molar-refractivity contribution in [3.8, 4) is 0 Å². The maximum Gasteiger partial charge on any atom is 0.263 e. The molecule has 0 fully saturated rings. The SMILES string of the molecule is CCCCCCCCS(=O)(=O)N=C=O. The Morgan fingerprint density at radius 3 is 2.21 bits per heavy atom. The Kier molecular flexibility index (Phi) is 7.34. The molecule has 0 aromatic heterocycles. The summed E-state index contributed by atoms with van der Waals surface area (Å²) in [6.07, 6.45) is 7.08. The molecule has 0 radical (unpaired) electrons. The smallest absolute Gasteiger partial charge is 0.210 e. The van der Waals surface area contributed by atoms with E-state index in [-0.39, 0.29) is 5.75 Å². The van der Waals surface area contributed by atoms with Crippen LogP contribution in [0.5, 0.6) is 0 Å². The van der Waals surface area contributed by atoms with Crippen molar-refractivity contribution in [2.24, 2.45) is 4.40 Å². The van der Waals surface area contributed by atoms with Crippen molar-refractivity contribution in [1.29, 1.82) is 0 Å². The molecular weight excluding hydrogens is 202 g/mol. The van der Waals surface area contributed by atoms with Crippen LogP contribution < -0.4 is 0 Å². The monoisotopic (exact) mass is 219 g/mol. The summed E-state index contributed by atoms with van der Waals surface area (Å²) < 4.78 is 24.5. The molecule has 0 unspecified atom stereocenters. The van der Waals surface area contributed by atoms with Gasteiger partial charge in [0.2, 0.25) is 0 Å². The number of hydrogen-bond acceptors (Lipinski definition) is 3. The van der Waals surface area contributed by atoms with Crippen LogP contribution in [0, 0.1) is 0 Å². The van der Waals surface area contributed by atoms with Gasteiger partial charge in [-0.3, -0.25) is 0 Å². The van der Waals surface area contributed by atoms with Crippen LogP contribution in [-0.4, -0.2) is 20.3 Å². The van der Waals surface area contributed by atoms with E-state index in [9.17, 15) is 13.2 Å². The standard InChI is InChI=1S/C9H17NO3S/c1-2-3-4-5-6-7-8-14(12,13)10-9-11/h2-8H2,1H3. The van der Waals surface area contributed by atoms with Crippen molar-refractivity contribution in [3.05, 3.63) is 0 Å². The second-order valence-electron chi connectivity index (χ2n) is 3.24. The van der Waals surface area contributed by atoms with Gasteiger partial charge in [0, 0.05) is 0 Å². The predicted octanol–water partition coefficient (Wildman–Crippen LogP) is 2.01. The minimum Gasteiger partial charge on any atom is -0.210 e. The average molecular weight is 219 g/mol. The third kappa shape index (κ3) is 7.95. The van der Waals surface area contributed by atoms with E-state index in [0.717, 1.165) is 25.3 Å². The van der Waals surface area contributed by atoms with Crippen LogP contribution in [0.4, 0.5) is 0 Å². The Balaban J connectivity index is 3.50. The summed E-state index contributed by atoms with van der Waals surface area (Å²) in [5, 5.41) is 0. The maximum atomic E-state index is 10.9. The minimum atomic E-state index is -3.52. The fourth-order valence-corrected chi connectivity index (χ4v) is 1.94. The van der Waals surface area contributed by atoms with Gasteiger partial charge in [-0.15, -0.1) is 0 Å². The first kappa shape index (κ1) is 13.3. The van der Waals surface area contributed by atoms with Crippen LogP contribution in [-0.2, 0) is 14.8 Å². The maximum absolute atomic E-state index is 10.9. The molecule has 0 aliphatic rings. The molecule has 0 amide bonds. The Hall–Kier alpha value is -0.670. The van der Waals surface area contributed by atoms with Crippen LogP contribution in [0.25, 0.3) is 0 Å². The highest BCUT2D eigenvalue weighted by molar-refractivity contribution is 7.90. The molecule has 5 heteroatoms. The lowest BCUT2D eigenvalue weighted by molar-refractivity contribution is 0.562. The molecule has 14 heavy (non-hydrogen) atoms. The van der Waals surface area contributed by atoms with Gasteiger partial charge in [-0.25, -0.2) is 13.2 Å². The van der Waals surface area contributed by atoms with E-state index in [1.54, 1.807) is 0 Å². The van der Waals surface area contributed by atoms with Crippen molar-refractivity contribution >= 4 is 16.1 Å². The van der Waals surface area contributed by atoms with E-state index >= 15 is 0 Å². The molecule has 0 saturated heterocycles. The molecular formula is C9H17NO3S. The minimum absolute atomic E-state index is 0.0334. The zero-order valence-electron chi connectivity index (χ0n) is 8.53. The number of carbonyl (C=O) groups excluding carboxylic acids is 1. The first-order chi connectivity index (χ1) is 6.62. The van der Waals surface area contributed by atoms with E-state index in [1.165, 1.54) is 12.8 Å². The lowest BCUT2D eigenvalue weighted by atomic mass is 10.1. The molecule has 0 heterocycles. The molecule has 0 aliphatic carbocycles. The molecule has 0 aromatic carbocycles. The molecule has 0 aliphatic heterocycles. The Morgan fingerprint density at radius 1 is 1.07 bits per heavy atom. The molecule has 0 rings (SSSR count). The number of unbranched alkanes of at least 4 members (excludes halogenated alkanes) is 5. The summed E-state index contributed by atoms with van der Waals surface area (Å²) >= 11 is 0. The van der Waals surface area contributed by atoms with Gasteiger partial charge in [-0.1, -0.05) is 43.4 Å². The van der Waals surface area contributed by atoms with Crippen molar-refractivity contribution < 1.29 is 13.2 Å². The van der Waals surface area contributed by atoms with Crippen LogP contribution in [0.3, 0.4) is 0 Å². The fraction of sp³-hybridized carbons (Fsp3) is 0.889. The van der Waals surface area contributed by atoms with E-state index in [1.807, 2.05) is 0 Å². The van der Waals surface area contributed by atoms with Crippen LogP contribution in [0.1, 0.15) is 45.4 Å². The summed E-state index contributed by atoms with van der Waals surface area (Å²) in [4.78, 5) is 9.72. The fourth-order valence-electron chi connectivity index (χ4n) is 1.17. The van der Waals surface area contributed by atoms with Crippen molar-refractivity contribution in [2.45, 2.75) is 45.4 Å². The number of rotatable bonds is 8. The number of nitrogens with zero attached hydrogens (tertiary/aromatic N) is 1. The van der Waals surface area contributed by atoms with Gasteiger partial charge in [0.25, 0.3) is 16.1 Å². The van der Waals surface area contributed by atoms with Crippen molar-refractivity contribution in [2.75, 3.05) is 5.75 Å². The Morgan fingerprint density at radius 2 is 1.64 bits per heavy atom. The second-order valence-corrected chi connectivity index (χ2v) is 4.99. The van der Waals surface area contributed by atoms with Crippen molar-refractivity contribution in [3.63, 3.8) is 0 Å². The first-order valence-electron chi connectivity index (χ1n) is 4.94. The zero-order chi connectivity index (χ0) is 10.9. The second kappa shape index (κ2) is 7.71. The largest absolute Gasteiger partial charge is 0.263 e. The molecule has 4 nitrogen and oxygen atoms in total. The summed E-state index contributed by atoms with van der Waals surface area (Å²) in [5.74, 6) is -0.0334. The number of hydrogen-bond donors (Lipinski definition) is 0. The Labute approximate surface area is 85.5 Å². The first-order valence-corrected chi connectivity index (χ1v) is 6.55. The average Bonchev–Trinajstić information content (AvgIpc) is 2.11. The number of isocyanates is 1. The van der Waals surface area contributed by atoms with Crippen LogP contribution >= 0.6 is 0 Å². The van der Waals surface area contributed by atoms with Crippen LogP contribution in [0.2, 0.25) is 0 Å². The topological polar surface area (TPSA) is 63.6 Å². The van der Waals surface area contributed by atoms with Gasteiger partial charge in [0.15, 0.2) is 0 Å². The van der Waals surface area contributed by atoms with Gasteiger partial charge in [-0.2, -0.15) is 0 Å². The molecule has 0 aromatic rings. The normalized spacial score (nSPS) is 10.9. The lowest BCUT2D eigenvalue weighted by Gasteiger charge is -1.98. The van der Waals surface area contributed by atoms with E-state index in [4.69, 9.17) is 0 Å². The summed E-state index contributed by atoms with van der Waals surface area (Å²) in [5.41, 5.74) is 0.